The van der Waals surface area contributed by atoms with Gasteiger partial charge in [0.05, 0.1) is 27.2 Å². The maximum atomic E-state index is 12.6. The molecule has 0 radical (unpaired) electrons. The molecule has 0 aromatic heterocycles. The monoisotopic (exact) mass is 391 g/mol. The Morgan fingerprint density at radius 1 is 1.15 bits per heavy atom. The van der Waals surface area contributed by atoms with Gasteiger partial charge in [-0.3, -0.25) is 4.79 Å². The minimum atomic E-state index is -0.266. The van der Waals surface area contributed by atoms with Gasteiger partial charge in [-0.25, -0.2) is 0 Å². The number of hydrogen-bond acceptors (Lipinski definition) is 5. The number of fused-ring (bicyclic) bond motifs is 1. The van der Waals surface area contributed by atoms with Crippen LogP contribution < -0.4 is 24.3 Å². The van der Waals surface area contributed by atoms with Crippen LogP contribution in [0.4, 0.5) is 0 Å². The van der Waals surface area contributed by atoms with Crippen LogP contribution in [0.3, 0.4) is 0 Å². The number of nitrogens with one attached hydrogen (secondary N) is 1. The number of hydrogen-bond donors (Lipinski definition) is 1. The fourth-order valence-corrected chi connectivity index (χ4v) is 3.30. The van der Waals surface area contributed by atoms with E-state index in [-0.39, 0.29) is 11.8 Å². The molecule has 1 aliphatic heterocycles. The van der Waals surface area contributed by atoms with E-state index in [1.165, 1.54) is 0 Å². The van der Waals surface area contributed by atoms with Crippen LogP contribution in [-0.2, 0) is 17.8 Å². The van der Waals surface area contributed by atoms with Crippen LogP contribution in [-0.4, -0.2) is 33.8 Å². The minimum absolute atomic E-state index is 0.0747. The van der Waals surface area contributed by atoms with Crippen molar-refractivity contribution in [1.82, 2.24) is 5.32 Å². The summed E-state index contributed by atoms with van der Waals surface area (Å²) in [5, 5.41) is 3.59. The summed E-state index contributed by atoms with van der Waals surface area (Å²) < 4.78 is 21.7. The number of amides is 1. The second-order valence-corrected chi connectivity index (χ2v) is 6.65. The van der Waals surface area contributed by atoms with E-state index in [4.69, 9.17) is 30.5 Å². The van der Waals surface area contributed by atoms with Crippen molar-refractivity contribution in [2.24, 2.45) is 5.92 Å². The van der Waals surface area contributed by atoms with Crippen molar-refractivity contribution in [1.29, 1.82) is 0 Å². The third kappa shape index (κ3) is 4.22. The first-order valence-electron chi connectivity index (χ1n) is 8.53. The first-order valence-corrected chi connectivity index (χ1v) is 8.91. The molecular weight excluding hydrogens is 370 g/mol. The van der Waals surface area contributed by atoms with Crippen LogP contribution in [0, 0.1) is 5.92 Å². The second kappa shape index (κ2) is 8.39. The van der Waals surface area contributed by atoms with E-state index in [1.54, 1.807) is 27.4 Å². The number of carbonyl (C=O) groups is 1. The van der Waals surface area contributed by atoms with Gasteiger partial charge in [0.15, 0.2) is 11.5 Å². The molecule has 0 bridgehead atoms. The molecule has 0 saturated heterocycles. The summed E-state index contributed by atoms with van der Waals surface area (Å²) in [6.45, 7) is 0.685. The van der Waals surface area contributed by atoms with E-state index >= 15 is 0 Å². The fourth-order valence-electron chi connectivity index (χ4n) is 3.10. The molecule has 0 saturated carbocycles. The summed E-state index contributed by atoms with van der Waals surface area (Å²) in [4.78, 5) is 12.6. The Morgan fingerprint density at radius 3 is 2.48 bits per heavy atom. The number of rotatable bonds is 6. The molecule has 1 amide bonds. The smallest absolute Gasteiger partial charge is 0.227 e. The highest BCUT2D eigenvalue weighted by Crippen LogP contribution is 2.38. The molecule has 7 heteroatoms. The molecule has 27 heavy (non-hydrogen) atoms. The lowest BCUT2D eigenvalue weighted by Crippen LogP contribution is -2.37. The standard InChI is InChI=1S/C20H22ClNO5/c1-24-17-6-12(7-18(25-2)19(17)26-3)10-22-20(23)14-8-13-9-15(21)4-5-16(13)27-11-14/h4-7,9,14H,8,10-11H2,1-3H3,(H,22,23)/t14-/m1/s1. The molecule has 1 N–H and O–H groups in total. The third-order valence-electron chi connectivity index (χ3n) is 4.49. The lowest BCUT2D eigenvalue weighted by molar-refractivity contribution is -0.126. The Hall–Kier alpha value is -2.60. The highest BCUT2D eigenvalue weighted by Gasteiger charge is 2.26. The van der Waals surface area contributed by atoms with Crippen LogP contribution >= 0.6 is 11.6 Å². The minimum Gasteiger partial charge on any atom is -0.493 e. The van der Waals surface area contributed by atoms with Gasteiger partial charge in [-0.2, -0.15) is 0 Å². The molecule has 1 heterocycles. The summed E-state index contributed by atoms with van der Waals surface area (Å²) in [6, 6.07) is 9.09. The third-order valence-corrected chi connectivity index (χ3v) is 4.73. The zero-order valence-electron chi connectivity index (χ0n) is 15.5. The van der Waals surface area contributed by atoms with Crippen LogP contribution in [0.15, 0.2) is 30.3 Å². The van der Waals surface area contributed by atoms with E-state index in [0.29, 0.717) is 41.8 Å². The zero-order chi connectivity index (χ0) is 19.4. The van der Waals surface area contributed by atoms with Gasteiger partial charge < -0.3 is 24.3 Å². The van der Waals surface area contributed by atoms with E-state index in [1.807, 2.05) is 24.3 Å². The van der Waals surface area contributed by atoms with Gasteiger partial charge >= 0.3 is 0 Å². The number of methoxy groups -OCH3 is 3. The van der Waals surface area contributed by atoms with Crippen molar-refractivity contribution in [2.75, 3.05) is 27.9 Å². The second-order valence-electron chi connectivity index (χ2n) is 6.22. The molecule has 0 spiro atoms. The summed E-state index contributed by atoms with van der Waals surface area (Å²) in [5.41, 5.74) is 1.79. The first kappa shape index (κ1) is 19.2. The number of ether oxygens (including phenoxy) is 4. The molecule has 1 atom stereocenters. The number of carbonyl (C=O) groups excluding carboxylic acids is 1. The predicted octanol–water partition coefficient (Wildman–Crippen LogP) is 3.23. The zero-order valence-corrected chi connectivity index (χ0v) is 16.3. The lowest BCUT2D eigenvalue weighted by atomic mass is 9.96. The number of halogens is 1. The van der Waals surface area contributed by atoms with Crippen LogP contribution in [0.1, 0.15) is 11.1 Å². The largest absolute Gasteiger partial charge is 0.493 e. The van der Waals surface area contributed by atoms with E-state index in [2.05, 4.69) is 5.32 Å². The van der Waals surface area contributed by atoms with Crippen LogP contribution in [0.2, 0.25) is 5.02 Å². The van der Waals surface area contributed by atoms with E-state index in [0.717, 1.165) is 16.9 Å². The molecule has 0 unspecified atom stereocenters. The summed E-state index contributed by atoms with van der Waals surface area (Å²) in [6.07, 6.45) is 0.594. The molecular formula is C20H22ClNO5. The van der Waals surface area contributed by atoms with Crippen molar-refractivity contribution in [2.45, 2.75) is 13.0 Å². The molecule has 0 fully saturated rings. The quantitative estimate of drug-likeness (QED) is 0.818. The average molecular weight is 392 g/mol. The Bertz CT molecular complexity index is 814. The van der Waals surface area contributed by atoms with E-state index < -0.39 is 0 Å². The predicted molar refractivity (Wildman–Crippen MR) is 102 cm³/mol. The van der Waals surface area contributed by atoms with Gasteiger partial charge in [0, 0.05) is 11.6 Å². The Balaban J connectivity index is 1.67. The van der Waals surface area contributed by atoms with Gasteiger partial charge in [-0.15, -0.1) is 0 Å². The maximum Gasteiger partial charge on any atom is 0.227 e. The lowest BCUT2D eigenvalue weighted by Gasteiger charge is -2.25. The average Bonchev–Trinajstić information content (AvgIpc) is 2.70. The van der Waals surface area contributed by atoms with Crippen molar-refractivity contribution in [3.8, 4) is 23.0 Å². The van der Waals surface area contributed by atoms with Crippen molar-refractivity contribution in [3.63, 3.8) is 0 Å². The highest BCUT2D eigenvalue weighted by atomic mass is 35.5. The van der Waals surface area contributed by atoms with E-state index in [9.17, 15) is 4.79 Å². The van der Waals surface area contributed by atoms with Crippen LogP contribution in [0.5, 0.6) is 23.0 Å². The van der Waals surface area contributed by atoms with Gasteiger partial charge in [0.2, 0.25) is 11.7 Å². The molecule has 1 aliphatic rings. The molecule has 6 nitrogen and oxygen atoms in total. The normalized spacial score (nSPS) is 15.3. The summed E-state index contributed by atoms with van der Waals surface area (Å²) in [7, 11) is 4.66. The Labute approximate surface area is 163 Å². The molecule has 0 aliphatic carbocycles. The molecule has 3 rings (SSSR count). The maximum absolute atomic E-state index is 12.6. The van der Waals surface area contributed by atoms with Gasteiger partial charge in [-0.05, 0) is 47.9 Å². The fraction of sp³-hybridized carbons (Fsp3) is 0.350. The van der Waals surface area contributed by atoms with Crippen molar-refractivity contribution >= 4 is 17.5 Å². The molecule has 2 aromatic carbocycles. The summed E-state index contributed by atoms with van der Waals surface area (Å²) >= 11 is 6.04. The molecule has 2 aromatic rings. The van der Waals surface area contributed by atoms with Gasteiger partial charge in [-0.1, -0.05) is 11.6 Å². The Morgan fingerprint density at radius 2 is 1.85 bits per heavy atom. The molecule has 144 valence electrons. The number of benzene rings is 2. The summed E-state index contributed by atoms with van der Waals surface area (Å²) in [5.74, 6) is 2.06. The van der Waals surface area contributed by atoms with Crippen molar-refractivity contribution < 1.29 is 23.7 Å². The van der Waals surface area contributed by atoms with Gasteiger partial charge in [0.1, 0.15) is 12.4 Å². The topological polar surface area (TPSA) is 66.0 Å². The van der Waals surface area contributed by atoms with Crippen molar-refractivity contribution in [3.05, 3.63) is 46.5 Å². The van der Waals surface area contributed by atoms with Crippen LogP contribution in [0.25, 0.3) is 0 Å². The Kier molecular flexibility index (Phi) is 5.96. The highest BCUT2D eigenvalue weighted by molar-refractivity contribution is 6.30. The SMILES string of the molecule is COc1cc(CNC(=O)[C@H]2COc3ccc(Cl)cc3C2)cc(OC)c1OC. The van der Waals surface area contributed by atoms with Gasteiger partial charge in [0.25, 0.3) is 0 Å². The first-order chi connectivity index (χ1) is 13.0.